The average molecular weight is 296 g/mol. The largest absolute Gasteiger partial charge is 0.327 e. The van der Waals surface area contributed by atoms with E-state index < -0.39 is 0 Å². The minimum Gasteiger partial charge on any atom is -0.327 e. The number of rotatable bonds is 3. The zero-order valence-electron chi connectivity index (χ0n) is 10.5. The van der Waals surface area contributed by atoms with Gasteiger partial charge in [0, 0.05) is 11.0 Å². The molecule has 1 aromatic heterocycles. The number of hydrogen-bond acceptors (Lipinski definition) is 2. The monoisotopic (exact) mass is 295 g/mol. The number of nitrogens with zero attached hydrogens (tertiary/aromatic N) is 2. The second kappa shape index (κ2) is 4.42. The van der Waals surface area contributed by atoms with Crippen LogP contribution in [0, 0.1) is 0 Å². The van der Waals surface area contributed by atoms with Gasteiger partial charge in [0.1, 0.15) is 5.82 Å². The second-order valence-electron chi connectivity index (χ2n) is 4.58. The van der Waals surface area contributed by atoms with Crippen LogP contribution in [0.2, 0.25) is 0 Å². The molecule has 2 aromatic rings. The van der Waals surface area contributed by atoms with Crippen LogP contribution in [-0.2, 0) is 12.1 Å². The maximum absolute atomic E-state index is 6.32. The van der Waals surface area contributed by atoms with Crippen molar-refractivity contribution in [1.82, 2.24) is 9.55 Å². The first-order valence-electron chi connectivity index (χ1n) is 5.94. The summed E-state index contributed by atoms with van der Waals surface area (Å²) in [6.07, 6.45) is 0.873. The number of imidazole rings is 1. The molecule has 1 unspecified atom stereocenters. The Balaban J connectivity index is 2.72. The van der Waals surface area contributed by atoms with E-state index in [9.17, 15) is 0 Å². The van der Waals surface area contributed by atoms with Crippen LogP contribution in [0.4, 0.5) is 0 Å². The summed E-state index contributed by atoms with van der Waals surface area (Å²) in [4.78, 5) is 4.69. The van der Waals surface area contributed by atoms with Gasteiger partial charge in [-0.15, -0.1) is 0 Å². The maximum Gasteiger partial charge on any atom is 0.129 e. The lowest BCUT2D eigenvalue weighted by molar-refractivity contribution is 0.426. The standard InChI is InChI=1S/C13H18BrN3/c1-4-13(3,15)12-16-10-8-9(14)6-7-11(10)17(12)5-2/h6-8H,4-5,15H2,1-3H3. The summed E-state index contributed by atoms with van der Waals surface area (Å²) in [6.45, 7) is 7.14. The number of nitrogens with two attached hydrogens (primary N) is 1. The molecule has 0 aliphatic rings. The molecule has 17 heavy (non-hydrogen) atoms. The molecule has 0 aliphatic heterocycles. The fraction of sp³-hybridized carbons (Fsp3) is 0.462. The van der Waals surface area contributed by atoms with Gasteiger partial charge in [-0.2, -0.15) is 0 Å². The highest BCUT2D eigenvalue weighted by molar-refractivity contribution is 9.10. The van der Waals surface area contributed by atoms with E-state index >= 15 is 0 Å². The molecule has 0 radical (unpaired) electrons. The molecule has 0 amide bonds. The van der Waals surface area contributed by atoms with E-state index in [4.69, 9.17) is 10.7 Å². The molecule has 0 bridgehead atoms. The molecule has 0 saturated heterocycles. The van der Waals surface area contributed by atoms with Gasteiger partial charge >= 0.3 is 0 Å². The molecule has 2 rings (SSSR count). The van der Waals surface area contributed by atoms with Crippen LogP contribution >= 0.6 is 15.9 Å². The van der Waals surface area contributed by atoms with Crippen molar-refractivity contribution in [2.75, 3.05) is 0 Å². The third-order valence-electron chi connectivity index (χ3n) is 3.27. The average Bonchev–Trinajstić information content (AvgIpc) is 2.67. The molecular weight excluding hydrogens is 278 g/mol. The van der Waals surface area contributed by atoms with Gasteiger partial charge in [-0.05, 0) is 38.5 Å². The summed E-state index contributed by atoms with van der Waals surface area (Å²) in [6, 6.07) is 6.17. The van der Waals surface area contributed by atoms with E-state index in [-0.39, 0.29) is 5.54 Å². The number of benzene rings is 1. The number of aromatic nitrogens is 2. The van der Waals surface area contributed by atoms with E-state index in [1.807, 2.05) is 19.1 Å². The normalized spacial score (nSPS) is 15.1. The molecule has 0 spiro atoms. The van der Waals surface area contributed by atoms with Gasteiger partial charge in [0.05, 0.1) is 16.6 Å². The molecule has 1 heterocycles. The molecule has 0 saturated carbocycles. The zero-order chi connectivity index (χ0) is 12.6. The highest BCUT2D eigenvalue weighted by Crippen LogP contribution is 2.27. The van der Waals surface area contributed by atoms with E-state index in [0.29, 0.717) is 0 Å². The Morgan fingerprint density at radius 2 is 2.12 bits per heavy atom. The van der Waals surface area contributed by atoms with E-state index in [1.165, 1.54) is 0 Å². The van der Waals surface area contributed by atoms with Gasteiger partial charge in [-0.1, -0.05) is 22.9 Å². The van der Waals surface area contributed by atoms with Gasteiger partial charge in [0.2, 0.25) is 0 Å². The molecule has 4 heteroatoms. The van der Waals surface area contributed by atoms with E-state index in [0.717, 1.165) is 34.3 Å². The highest BCUT2D eigenvalue weighted by Gasteiger charge is 2.25. The van der Waals surface area contributed by atoms with Crippen molar-refractivity contribution >= 4 is 27.0 Å². The Labute approximate surface area is 110 Å². The van der Waals surface area contributed by atoms with Crippen LogP contribution < -0.4 is 5.73 Å². The minimum absolute atomic E-state index is 0.374. The molecule has 0 fully saturated rings. The molecule has 0 aliphatic carbocycles. The topological polar surface area (TPSA) is 43.8 Å². The number of hydrogen-bond donors (Lipinski definition) is 1. The first kappa shape index (κ1) is 12.6. The van der Waals surface area contributed by atoms with Gasteiger partial charge in [0.15, 0.2) is 0 Å². The summed E-state index contributed by atoms with van der Waals surface area (Å²) in [5.74, 6) is 0.968. The van der Waals surface area contributed by atoms with Crippen molar-refractivity contribution < 1.29 is 0 Å². The quantitative estimate of drug-likeness (QED) is 0.943. The summed E-state index contributed by atoms with van der Waals surface area (Å²) >= 11 is 3.48. The Hall–Kier alpha value is -0.870. The molecule has 92 valence electrons. The Bertz CT molecular complexity index is 543. The van der Waals surface area contributed by atoms with Crippen LogP contribution in [0.15, 0.2) is 22.7 Å². The summed E-state index contributed by atoms with van der Waals surface area (Å²) in [7, 11) is 0. The van der Waals surface area contributed by atoms with Crippen LogP contribution in [0.3, 0.4) is 0 Å². The second-order valence-corrected chi connectivity index (χ2v) is 5.50. The predicted octanol–water partition coefficient (Wildman–Crippen LogP) is 3.40. The summed E-state index contributed by atoms with van der Waals surface area (Å²) in [5.41, 5.74) is 8.10. The van der Waals surface area contributed by atoms with Crippen molar-refractivity contribution in [2.24, 2.45) is 5.73 Å². The lowest BCUT2D eigenvalue weighted by Gasteiger charge is -2.23. The Kier molecular flexibility index (Phi) is 3.27. The van der Waals surface area contributed by atoms with Crippen molar-refractivity contribution in [3.05, 3.63) is 28.5 Å². The zero-order valence-corrected chi connectivity index (χ0v) is 12.1. The van der Waals surface area contributed by atoms with Crippen LogP contribution in [0.5, 0.6) is 0 Å². The van der Waals surface area contributed by atoms with Crippen LogP contribution in [-0.4, -0.2) is 9.55 Å². The summed E-state index contributed by atoms with van der Waals surface area (Å²) in [5, 5.41) is 0. The first-order chi connectivity index (χ1) is 7.99. The number of halogens is 1. The van der Waals surface area contributed by atoms with Crippen LogP contribution in [0.25, 0.3) is 11.0 Å². The number of fused-ring (bicyclic) bond motifs is 1. The maximum atomic E-state index is 6.32. The van der Waals surface area contributed by atoms with Gasteiger partial charge in [-0.3, -0.25) is 0 Å². The van der Waals surface area contributed by atoms with Crippen molar-refractivity contribution in [2.45, 2.75) is 39.3 Å². The SMILES string of the molecule is CCn1c(C(C)(N)CC)nc2cc(Br)ccc21. The summed E-state index contributed by atoms with van der Waals surface area (Å²) < 4.78 is 3.25. The fourth-order valence-electron chi connectivity index (χ4n) is 2.02. The molecular formula is C13H18BrN3. The van der Waals surface area contributed by atoms with E-state index in [1.54, 1.807) is 0 Å². The van der Waals surface area contributed by atoms with Crippen molar-refractivity contribution in [1.29, 1.82) is 0 Å². The smallest absolute Gasteiger partial charge is 0.129 e. The lowest BCUT2D eigenvalue weighted by Crippen LogP contribution is -2.35. The number of aryl methyl sites for hydroxylation is 1. The Morgan fingerprint density at radius 3 is 2.71 bits per heavy atom. The fourth-order valence-corrected chi connectivity index (χ4v) is 2.37. The van der Waals surface area contributed by atoms with Gasteiger partial charge in [-0.25, -0.2) is 4.98 Å². The van der Waals surface area contributed by atoms with E-state index in [2.05, 4.69) is 40.4 Å². The third kappa shape index (κ3) is 2.11. The molecule has 3 nitrogen and oxygen atoms in total. The van der Waals surface area contributed by atoms with Crippen molar-refractivity contribution in [3.63, 3.8) is 0 Å². The predicted molar refractivity (Wildman–Crippen MR) is 74.9 cm³/mol. The molecule has 1 aromatic carbocycles. The van der Waals surface area contributed by atoms with Crippen molar-refractivity contribution in [3.8, 4) is 0 Å². The van der Waals surface area contributed by atoms with Crippen LogP contribution in [0.1, 0.15) is 33.0 Å². The molecule has 1 atom stereocenters. The Morgan fingerprint density at radius 1 is 1.41 bits per heavy atom. The minimum atomic E-state index is -0.374. The van der Waals surface area contributed by atoms with Gasteiger partial charge < -0.3 is 10.3 Å². The highest BCUT2D eigenvalue weighted by atomic mass is 79.9. The van der Waals surface area contributed by atoms with Gasteiger partial charge in [0.25, 0.3) is 0 Å². The lowest BCUT2D eigenvalue weighted by atomic mass is 9.99. The first-order valence-corrected chi connectivity index (χ1v) is 6.74. The molecule has 2 N–H and O–H groups in total. The third-order valence-corrected chi connectivity index (χ3v) is 3.77.